The Hall–Kier alpha value is -1.74. The van der Waals surface area contributed by atoms with Gasteiger partial charge in [-0.05, 0) is 36.2 Å². The molecule has 1 aliphatic rings. The largest absolute Gasteiger partial charge is 0.383 e. The second-order valence-corrected chi connectivity index (χ2v) is 5.37. The van der Waals surface area contributed by atoms with E-state index in [4.69, 9.17) is 11.6 Å². The Kier molecular flexibility index (Phi) is 3.79. The summed E-state index contributed by atoms with van der Waals surface area (Å²) in [4.78, 5) is 2.30. The Bertz CT molecular complexity index is 615. The van der Waals surface area contributed by atoms with Crippen molar-refractivity contribution in [2.45, 2.75) is 13.0 Å². The summed E-state index contributed by atoms with van der Waals surface area (Å²) in [5.74, 6) is -0.367. The third kappa shape index (κ3) is 2.73. The van der Waals surface area contributed by atoms with Crippen LogP contribution in [0.1, 0.15) is 12.0 Å². The van der Waals surface area contributed by atoms with Crippen molar-refractivity contribution in [3.63, 3.8) is 0 Å². The lowest BCUT2D eigenvalue weighted by atomic mass is 10.1. The second-order valence-electron chi connectivity index (χ2n) is 4.97. The van der Waals surface area contributed by atoms with Gasteiger partial charge < -0.3 is 10.2 Å². The van der Waals surface area contributed by atoms with Crippen LogP contribution in [-0.2, 0) is 6.54 Å². The van der Waals surface area contributed by atoms with Gasteiger partial charge in [0.25, 0.3) is 0 Å². The van der Waals surface area contributed by atoms with Gasteiger partial charge in [-0.25, -0.2) is 4.39 Å². The van der Waals surface area contributed by atoms with E-state index in [0.29, 0.717) is 0 Å². The van der Waals surface area contributed by atoms with Gasteiger partial charge in [-0.15, -0.1) is 0 Å². The van der Waals surface area contributed by atoms with Gasteiger partial charge >= 0.3 is 0 Å². The van der Waals surface area contributed by atoms with Crippen LogP contribution in [0.25, 0.3) is 0 Å². The minimum atomic E-state index is -0.367. The number of nitrogens with zero attached hydrogens (tertiary/aromatic N) is 1. The number of nitrogens with one attached hydrogen (secondary N) is 1. The van der Waals surface area contributed by atoms with E-state index in [2.05, 4.69) is 22.3 Å². The van der Waals surface area contributed by atoms with Crippen LogP contribution < -0.4 is 10.2 Å². The monoisotopic (exact) mass is 290 g/mol. The molecule has 0 saturated carbocycles. The first-order valence-electron chi connectivity index (χ1n) is 6.76. The quantitative estimate of drug-likeness (QED) is 0.887. The highest BCUT2D eigenvalue weighted by Gasteiger charge is 2.15. The summed E-state index contributed by atoms with van der Waals surface area (Å²) < 4.78 is 13.2. The molecule has 0 radical (unpaired) electrons. The molecule has 1 N–H and O–H groups in total. The number of anilines is 2. The topological polar surface area (TPSA) is 15.3 Å². The molecule has 4 heteroatoms. The van der Waals surface area contributed by atoms with E-state index in [1.165, 1.54) is 11.8 Å². The van der Waals surface area contributed by atoms with E-state index >= 15 is 0 Å². The van der Waals surface area contributed by atoms with Gasteiger partial charge in [-0.2, -0.15) is 0 Å². The van der Waals surface area contributed by atoms with Crippen molar-refractivity contribution in [3.05, 3.63) is 58.9 Å². The molecule has 20 heavy (non-hydrogen) atoms. The third-order valence-corrected chi connectivity index (χ3v) is 3.81. The van der Waals surface area contributed by atoms with E-state index in [-0.39, 0.29) is 10.8 Å². The summed E-state index contributed by atoms with van der Waals surface area (Å²) >= 11 is 5.86. The molecule has 2 nitrogen and oxygen atoms in total. The lowest BCUT2D eigenvalue weighted by Gasteiger charge is -2.24. The van der Waals surface area contributed by atoms with Crippen molar-refractivity contribution in [3.8, 4) is 0 Å². The summed E-state index contributed by atoms with van der Waals surface area (Å²) in [6.45, 7) is 2.68. The van der Waals surface area contributed by atoms with E-state index in [1.807, 2.05) is 12.1 Å². The standard InChI is InChI=1S/C16H16ClFN2/c17-13-10-12(6-7-14(13)18)11-20-9-3-8-19-15-4-1-2-5-16(15)20/h1-2,4-7,10,19H,3,8-9,11H2. The summed E-state index contributed by atoms with van der Waals surface area (Å²) in [6, 6.07) is 13.2. The minimum Gasteiger partial charge on any atom is -0.383 e. The molecule has 0 unspecified atom stereocenters. The molecule has 1 aliphatic heterocycles. The molecule has 0 aliphatic carbocycles. The SMILES string of the molecule is Fc1ccc(CN2CCCNc3ccccc32)cc1Cl. The van der Waals surface area contributed by atoms with Crippen molar-refractivity contribution in [2.24, 2.45) is 0 Å². The van der Waals surface area contributed by atoms with Crippen LogP contribution >= 0.6 is 11.6 Å². The van der Waals surface area contributed by atoms with Crippen molar-refractivity contribution in [1.82, 2.24) is 0 Å². The Morgan fingerprint density at radius 1 is 1.20 bits per heavy atom. The number of hydrogen-bond acceptors (Lipinski definition) is 2. The maximum Gasteiger partial charge on any atom is 0.141 e. The molecular weight excluding hydrogens is 275 g/mol. The lowest BCUT2D eigenvalue weighted by Crippen LogP contribution is -2.23. The number of halogens is 2. The molecule has 0 spiro atoms. The molecule has 0 fully saturated rings. The average molecular weight is 291 g/mol. The maximum absolute atomic E-state index is 13.2. The maximum atomic E-state index is 13.2. The second kappa shape index (κ2) is 5.71. The first-order chi connectivity index (χ1) is 9.74. The van der Waals surface area contributed by atoms with Gasteiger partial charge in [0.1, 0.15) is 5.82 Å². The highest BCUT2D eigenvalue weighted by Crippen LogP contribution is 2.29. The Labute approximate surface area is 123 Å². The zero-order valence-corrected chi connectivity index (χ0v) is 11.8. The van der Waals surface area contributed by atoms with Gasteiger partial charge in [0.05, 0.1) is 16.4 Å². The predicted octanol–water partition coefficient (Wildman–Crippen LogP) is 4.30. The molecule has 1 heterocycles. The van der Waals surface area contributed by atoms with Crippen molar-refractivity contribution in [1.29, 1.82) is 0 Å². The van der Waals surface area contributed by atoms with Crippen LogP contribution in [0.5, 0.6) is 0 Å². The normalized spacial score (nSPS) is 14.4. The summed E-state index contributed by atoms with van der Waals surface area (Å²) in [6.07, 6.45) is 1.07. The van der Waals surface area contributed by atoms with Gasteiger partial charge in [-0.1, -0.05) is 29.8 Å². The van der Waals surface area contributed by atoms with Crippen molar-refractivity contribution in [2.75, 3.05) is 23.3 Å². The van der Waals surface area contributed by atoms with Crippen molar-refractivity contribution < 1.29 is 4.39 Å². The van der Waals surface area contributed by atoms with Crippen LogP contribution in [0.4, 0.5) is 15.8 Å². The zero-order chi connectivity index (χ0) is 13.9. The van der Waals surface area contributed by atoms with Crippen LogP contribution in [0.15, 0.2) is 42.5 Å². The summed E-state index contributed by atoms with van der Waals surface area (Å²) in [7, 11) is 0. The molecule has 0 saturated heterocycles. The van der Waals surface area contributed by atoms with Crippen LogP contribution in [0, 0.1) is 5.82 Å². The molecular formula is C16H16ClFN2. The number of benzene rings is 2. The molecule has 3 rings (SSSR count). The lowest BCUT2D eigenvalue weighted by molar-refractivity contribution is 0.627. The highest BCUT2D eigenvalue weighted by molar-refractivity contribution is 6.30. The fourth-order valence-electron chi connectivity index (χ4n) is 2.53. The van der Waals surface area contributed by atoms with Gasteiger partial charge in [0.15, 0.2) is 0 Å². The van der Waals surface area contributed by atoms with E-state index in [1.54, 1.807) is 12.1 Å². The average Bonchev–Trinajstić information content (AvgIpc) is 2.66. The minimum absolute atomic E-state index is 0.184. The number of fused-ring (bicyclic) bond motifs is 1. The van der Waals surface area contributed by atoms with Crippen LogP contribution in [-0.4, -0.2) is 13.1 Å². The highest BCUT2D eigenvalue weighted by atomic mass is 35.5. The van der Waals surface area contributed by atoms with Crippen LogP contribution in [0.3, 0.4) is 0 Å². The molecule has 2 aromatic carbocycles. The molecule has 2 aromatic rings. The fraction of sp³-hybridized carbons (Fsp3) is 0.250. The number of rotatable bonds is 2. The van der Waals surface area contributed by atoms with Gasteiger partial charge in [0, 0.05) is 19.6 Å². The molecule has 0 bridgehead atoms. The Morgan fingerprint density at radius 3 is 2.90 bits per heavy atom. The van der Waals surface area contributed by atoms with E-state index in [9.17, 15) is 4.39 Å². The molecule has 0 amide bonds. The summed E-state index contributed by atoms with van der Waals surface area (Å²) in [5.41, 5.74) is 3.36. The predicted molar refractivity (Wildman–Crippen MR) is 82.0 cm³/mol. The number of para-hydroxylation sites is 2. The van der Waals surface area contributed by atoms with Gasteiger partial charge in [0.2, 0.25) is 0 Å². The summed E-state index contributed by atoms with van der Waals surface area (Å²) in [5, 5.41) is 3.62. The van der Waals surface area contributed by atoms with Crippen LogP contribution in [0.2, 0.25) is 5.02 Å². The van der Waals surface area contributed by atoms with Crippen molar-refractivity contribution >= 4 is 23.0 Å². The molecule has 0 atom stereocenters. The third-order valence-electron chi connectivity index (χ3n) is 3.52. The zero-order valence-electron chi connectivity index (χ0n) is 11.1. The number of hydrogen-bond donors (Lipinski definition) is 1. The van der Waals surface area contributed by atoms with E-state index in [0.717, 1.165) is 37.3 Å². The smallest absolute Gasteiger partial charge is 0.141 e. The molecule has 0 aromatic heterocycles. The first kappa shape index (κ1) is 13.3. The first-order valence-corrected chi connectivity index (χ1v) is 7.13. The Balaban J connectivity index is 1.88. The van der Waals surface area contributed by atoms with E-state index < -0.39 is 0 Å². The fourth-order valence-corrected chi connectivity index (χ4v) is 2.74. The Morgan fingerprint density at radius 2 is 2.05 bits per heavy atom. The van der Waals surface area contributed by atoms with Gasteiger partial charge in [-0.3, -0.25) is 0 Å². The molecule has 104 valence electrons.